The van der Waals surface area contributed by atoms with Crippen molar-refractivity contribution in [3.63, 3.8) is 0 Å². The first-order chi connectivity index (χ1) is 10.7. The molecule has 0 saturated heterocycles. The molecule has 0 N–H and O–H groups in total. The number of hydrogen-bond donors (Lipinski definition) is 0. The zero-order valence-corrected chi connectivity index (χ0v) is 16.6. The topological polar surface area (TPSA) is 0 Å². The van der Waals surface area contributed by atoms with E-state index in [1.54, 1.807) is 0 Å². The van der Waals surface area contributed by atoms with E-state index in [9.17, 15) is 0 Å². The quantitative estimate of drug-likeness (QED) is 0.440. The molecule has 0 nitrogen and oxygen atoms in total. The summed E-state index contributed by atoms with van der Waals surface area (Å²) in [5, 5.41) is 0. The molecule has 1 aromatic carbocycles. The summed E-state index contributed by atoms with van der Waals surface area (Å²) in [6.07, 6.45) is 0. The fourth-order valence-corrected chi connectivity index (χ4v) is 2.42. The molecule has 0 aromatic heterocycles. The van der Waals surface area contributed by atoms with Gasteiger partial charge in [-0.1, -0.05) is 68.4 Å². The number of benzene rings is 1. The molecule has 111 valence electrons. The van der Waals surface area contributed by atoms with Crippen molar-refractivity contribution in [2.45, 2.75) is 19.8 Å². The molecular weight excluding hydrogens is 390 g/mol. The van der Waals surface area contributed by atoms with E-state index in [0.717, 1.165) is 0 Å². The number of fused-ring (bicyclic) bond motifs is 1. The van der Waals surface area contributed by atoms with Crippen molar-refractivity contribution >= 4 is 17.0 Å². The van der Waals surface area contributed by atoms with Crippen molar-refractivity contribution in [1.82, 2.24) is 0 Å². The maximum atomic E-state index is 4.93. The molecule has 0 unspecified atom stereocenters. The van der Waals surface area contributed by atoms with Crippen LogP contribution in [0.3, 0.4) is 0 Å². The van der Waals surface area contributed by atoms with Gasteiger partial charge >= 0.3 is 37.9 Å². The SMILES string of the molecule is CC(C)c1[c]c2ccccc(-c3ccccc3)c-2c1.[Cl][Zr][Cl]. The molecule has 0 fully saturated rings. The van der Waals surface area contributed by atoms with Gasteiger partial charge in [-0.2, -0.15) is 0 Å². The molecular formula is C19H17Cl2Zr. The van der Waals surface area contributed by atoms with Gasteiger partial charge in [-0.05, 0) is 45.9 Å². The first kappa shape index (κ1) is 17.7. The van der Waals surface area contributed by atoms with E-state index in [0.29, 0.717) is 5.92 Å². The number of hydrogen-bond acceptors (Lipinski definition) is 0. The third kappa shape index (κ3) is 4.45. The molecule has 3 rings (SSSR count). The van der Waals surface area contributed by atoms with Crippen molar-refractivity contribution < 1.29 is 20.8 Å². The van der Waals surface area contributed by atoms with Gasteiger partial charge in [0.1, 0.15) is 0 Å². The van der Waals surface area contributed by atoms with E-state index in [1.165, 1.54) is 27.8 Å². The zero-order valence-electron chi connectivity index (χ0n) is 12.6. The van der Waals surface area contributed by atoms with Crippen LogP contribution in [-0.4, -0.2) is 0 Å². The Kier molecular flexibility index (Phi) is 7.15. The maximum absolute atomic E-state index is 4.93. The van der Waals surface area contributed by atoms with Crippen molar-refractivity contribution in [2.75, 3.05) is 0 Å². The minimum atomic E-state index is -0.826. The van der Waals surface area contributed by atoms with Crippen LogP contribution < -0.4 is 0 Å². The first-order valence-corrected chi connectivity index (χ1v) is 13.5. The molecule has 0 bridgehead atoms. The van der Waals surface area contributed by atoms with Gasteiger partial charge in [-0.25, -0.2) is 0 Å². The average Bonchev–Trinajstić information content (AvgIpc) is 2.84. The van der Waals surface area contributed by atoms with E-state index in [-0.39, 0.29) is 0 Å². The fraction of sp³-hybridized carbons (Fsp3) is 0.158. The van der Waals surface area contributed by atoms with Crippen LogP contribution in [-0.2, 0) is 20.8 Å². The van der Waals surface area contributed by atoms with Crippen molar-refractivity contribution in [3.05, 3.63) is 72.3 Å². The van der Waals surface area contributed by atoms with Crippen molar-refractivity contribution in [3.8, 4) is 22.3 Å². The Morgan fingerprint density at radius 3 is 2.09 bits per heavy atom. The molecule has 0 aliphatic heterocycles. The predicted molar refractivity (Wildman–Crippen MR) is 93.1 cm³/mol. The molecule has 1 radical (unpaired) electrons. The van der Waals surface area contributed by atoms with Gasteiger partial charge < -0.3 is 0 Å². The summed E-state index contributed by atoms with van der Waals surface area (Å²) in [6.45, 7) is 4.43. The molecule has 0 spiro atoms. The zero-order chi connectivity index (χ0) is 15.9. The predicted octanol–water partition coefficient (Wildman–Crippen LogP) is 6.76. The Balaban J connectivity index is 0.000000545. The van der Waals surface area contributed by atoms with Crippen LogP contribution >= 0.6 is 17.0 Å². The van der Waals surface area contributed by atoms with Gasteiger partial charge in [0.15, 0.2) is 0 Å². The Labute approximate surface area is 151 Å². The van der Waals surface area contributed by atoms with Crippen LogP contribution in [0.15, 0.2) is 60.7 Å². The Morgan fingerprint density at radius 2 is 1.45 bits per heavy atom. The molecule has 22 heavy (non-hydrogen) atoms. The van der Waals surface area contributed by atoms with Crippen LogP contribution in [0.1, 0.15) is 25.3 Å². The fourth-order valence-electron chi connectivity index (χ4n) is 2.42. The Morgan fingerprint density at radius 1 is 0.864 bits per heavy atom. The number of halogens is 2. The van der Waals surface area contributed by atoms with Gasteiger partial charge in [0.25, 0.3) is 0 Å². The Bertz CT molecular complexity index is 680. The van der Waals surface area contributed by atoms with Crippen LogP contribution in [0.25, 0.3) is 22.3 Å². The summed E-state index contributed by atoms with van der Waals surface area (Å²) in [4.78, 5) is 0. The second-order valence-corrected chi connectivity index (χ2v) is 9.01. The van der Waals surface area contributed by atoms with Crippen molar-refractivity contribution in [2.24, 2.45) is 0 Å². The van der Waals surface area contributed by atoms with Gasteiger partial charge in [0.2, 0.25) is 0 Å². The van der Waals surface area contributed by atoms with E-state index in [1.807, 2.05) is 0 Å². The molecule has 1 aromatic rings. The van der Waals surface area contributed by atoms with Crippen LogP contribution in [0, 0.1) is 6.07 Å². The Hall–Kier alpha value is -0.617. The standard InChI is InChI=1S/C19H17.2ClH.Zr/c1-14(2)17-12-16-10-6-7-11-18(19(16)13-17)15-8-4-3-5-9-15;;;/h3-11,13-14H,1-2H3;2*1H;/q;;;+2/p-2. The molecule has 0 saturated carbocycles. The van der Waals surface area contributed by atoms with E-state index in [2.05, 4.69) is 80.6 Å². The van der Waals surface area contributed by atoms with Crippen LogP contribution in [0.2, 0.25) is 0 Å². The minimum absolute atomic E-state index is 0.515. The summed E-state index contributed by atoms with van der Waals surface area (Å²) >= 11 is -0.826. The number of rotatable bonds is 2. The van der Waals surface area contributed by atoms with E-state index < -0.39 is 20.8 Å². The second kappa shape index (κ2) is 8.87. The van der Waals surface area contributed by atoms with Gasteiger partial charge in [-0.15, -0.1) is 0 Å². The van der Waals surface area contributed by atoms with Crippen LogP contribution in [0.4, 0.5) is 0 Å². The third-order valence-electron chi connectivity index (χ3n) is 3.50. The van der Waals surface area contributed by atoms with Gasteiger partial charge in [-0.3, -0.25) is 0 Å². The van der Waals surface area contributed by atoms with Gasteiger partial charge in [0.05, 0.1) is 0 Å². The molecule has 2 aliphatic rings. The third-order valence-corrected chi connectivity index (χ3v) is 3.50. The average molecular weight is 407 g/mol. The summed E-state index contributed by atoms with van der Waals surface area (Å²) in [5.74, 6) is 0.515. The molecule has 3 heteroatoms. The summed E-state index contributed by atoms with van der Waals surface area (Å²) in [7, 11) is 9.87. The van der Waals surface area contributed by atoms with Gasteiger partial charge in [0, 0.05) is 0 Å². The molecule has 0 amide bonds. The van der Waals surface area contributed by atoms with Crippen LogP contribution in [0.5, 0.6) is 0 Å². The molecule has 2 aliphatic carbocycles. The van der Waals surface area contributed by atoms with E-state index in [4.69, 9.17) is 17.0 Å². The summed E-state index contributed by atoms with van der Waals surface area (Å²) < 4.78 is 0. The molecule has 0 heterocycles. The first-order valence-electron chi connectivity index (χ1n) is 7.14. The second-order valence-electron chi connectivity index (χ2n) is 5.28. The van der Waals surface area contributed by atoms with Crippen molar-refractivity contribution in [1.29, 1.82) is 0 Å². The normalized spacial score (nSPS) is 10.2. The summed E-state index contributed by atoms with van der Waals surface area (Å²) in [5.41, 5.74) is 6.33. The monoisotopic (exact) mass is 405 g/mol. The molecule has 0 atom stereocenters. The van der Waals surface area contributed by atoms with E-state index >= 15 is 0 Å². The summed E-state index contributed by atoms with van der Waals surface area (Å²) in [6, 6.07) is 24.9.